The molecule has 1 rings (SSSR count). The summed E-state index contributed by atoms with van der Waals surface area (Å²) in [5, 5.41) is 0. The first-order valence-electron chi connectivity index (χ1n) is 7.65. The second-order valence-corrected chi connectivity index (χ2v) is 8.81. The summed E-state index contributed by atoms with van der Waals surface area (Å²) in [6.07, 6.45) is 1.26. The maximum absolute atomic E-state index is 5.59. The van der Waals surface area contributed by atoms with Crippen LogP contribution in [0, 0.1) is 0 Å². The predicted octanol–water partition coefficient (Wildman–Crippen LogP) is 3.41. The quantitative estimate of drug-likeness (QED) is 0.195. The molecule has 1 N–H and O–H groups in total. The number of ether oxygens (including phenoxy) is 2. The van der Waals surface area contributed by atoms with Crippen molar-refractivity contribution in [3.63, 3.8) is 0 Å². The second-order valence-electron chi connectivity index (χ2n) is 4.55. The number of benzene rings is 1. The lowest BCUT2D eigenvalue weighted by Gasteiger charge is -2.16. The van der Waals surface area contributed by atoms with Gasteiger partial charge in [0.05, 0.1) is 9.52 Å². The summed E-state index contributed by atoms with van der Waals surface area (Å²) in [7, 11) is 3.38. The highest BCUT2D eigenvalue weighted by molar-refractivity contribution is 8.76. The van der Waals surface area contributed by atoms with Gasteiger partial charge in [0.25, 0.3) is 0 Å². The Balaban J connectivity index is 1.92. The first-order valence-corrected chi connectivity index (χ1v) is 11.8. The Labute approximate surface area is 139 Å². The number of hydrogen-bond acceptors (Lipinski definition) is 5. The zero-order valence-electron chi connectivity index (χ0n) is 13.0. The molecule has 1 aromatic carbocycles. The summed E-state index contributed by atoms with van der Waals surface area (Å²) < 4.78 is 14.6. The molecule has 120 valence electrons. The molecule has 0 aliphatic heterocycles. The van der Waals surface area contributed by atoms with Gasteiger partial charge >= 0.3 is 0 Å². The van der Waals surface area contributed by atoms with E-state index in [0.717, 1.165) is 19.8 Å². The monoisotopic (exact) mass is 345 g/mol. The molecule has 0 saturated carbocycles. The summed E-state index contributed by atoms with van der Waals surface area (Å²) >= 11 is 0. The van der Waals surface area contributed by atoms with Crippen molar-refractivity contribution in [3.8, 4) is 0 Å². The summed E-state index contributed by atoms with van der Waals surface area (Å²) in [5.74, 6) is 1.30. The normalized spacial score (nSPS) is 11.8. The predicted molar refractivity (Wildman–Crippen MR) is 98.3 cm³/mol. The van der Waals surface area contributed by atoms with Crippen molar-refractivity contribution in [2.75, 3.05) is 19.0 Å². The molecule has 0 unspecified atom stereocenters. The molecule has 0 aliphatic carbocycles. The van der Waals surface area contributed by atoms with E-state index in [1.165, 1.54) is 23.8 Å². The standard InChI is InChI=1S/C15H27NO2S2Si/c1-3-17-15(18-4-2)21-12-8-11-19-20-16-13-14-9-6-5-7-10-14/h5-7,9-10,15-16H,3-4,8,11-13,21H2,1-2H3. The minimum Gasteiger partial charge on any atom is -0.357 e. The topological polar surface area (TPSA) is 30.5 Å². The third-order valence-corrected chi connectivity index (χ3v) is 6.75. The fraction of sp³-hybridized carbons (Fsp3) is 0.600. The Morgan fingerprint density at radius 3 is 2.52 bits per heavy atom. The number of hydrogen-bond donors (Lipinski definition) is 1. The smallest absolute Gasteiger partial charge is 0.134 e. The molecule has 0 aromatic heterocycles. The van der Waals surface area contributed by atoms with Gasteiger partial charge in [0.15, 0.2) is 0 Å². The van der Waals surface area contributed by atoms with Crippen LogP contribution in [-0.2, 0) is 16.0 Å². The molecular formula is C15H27NO2S2Si. The fourth-order valence-corrected chi connectivity index (χ4v) is 5.63. The molecule has 0 radical (unpaired) electrons. The molecule has 3 nitrogen and oxygen atoms in total. The molecule has 0 aliphatic rings. The highest BCUT2D eigenvalue weighted by atomic mass is 33.1. The highest BCUT2D eigenvalue weighted by Gasteiger charge is 2.07. The second kappa shape index (κ2) is 13.7. The van der Waals surface area contributed by atoms with Crippen LogP contribution in [0.4, 0.5) is 0 Å². The first-order chi connectivity index (χ1) is 10.4. The van der Waals surface area contributed by atoms with Crippen molar-refractivity contribution in [1.29, 1.82) is 0 Å². The van der Waals surface area contributed by atoms with Gasteiger partial charge in [0.1, 0.15) is 5.91 Å². The molecule has 0 bridgehead atoms. The van der Waals surface area contributed by atoms with Crippen LogP contribution in [0.3, 0.4) is 0 Å². The van der Waals surface area contributed by atoms with Crippen LogP contribution in [0.25, 0.3) is 0 Å². The van der Waals surface area contributed by atoms with Gasteiger partial charge in [0, 0.05) is 25.5 Å². The Morgan fingerprint density at radius 1 is 1.14 bits per heavy atom. The van der Waals surface area contributed by atoms with Crippen LogP contribution in [0.15, 0.2) is 30.3 Å². The van der Waals surface area contributed by atoms with E-state index in [4.69, 9.17) is 9.47 Å². The molecule has 0 spiro atoms. The van der Waals surface area contributed by atoms with Gasteiger partial charge in [-0.05, 0) is 36.8 Å². The Hall–Kier alpha value is 0.0169. The van der Waals surface area contributed by atoms with Crippen molar-refractivity contribution < 1.29 is 9.47 Å². The fourth-order valence-electron chi connectivity index (χ4n) is 1.85. The van der Waals surface area contributed by atoms with Gasteiger partial charge in [-0.25, -0.2) is 0 Å². The summed E-state index contributed by atoms with van der Waals surface area (Å²) in [6.45, 7) is 6.50. The lowest BCUT2D eigenvalue weighted by Crippen LogP contribution is -2.24. The van der Waals surface area contributed by atoms with E-state index in [2.05, 4.69) is 29.0 Å². The van der Waals surface area contributed by atoms with Crippen LogP contribution in [0.1, 0.15) is 25.8 Å². The van der Waals surface area contributed by atoms with Crippen LogP contribution in [-0.4, -0.2) is 34.4 Å². The van der Waals surface area contributed by atoms with Crippen LogP contribution < -0.4 is 4.72 Å². The minimum absolute atomic E-state index is 0.119. The Morgan fingerprint density at radius 2 is 1.86 bits per heavy atom. The highest BCUT2D eigenvalue weighted by Crippen LogP contribution is 2.19. The number of rotatable bonds is 13. The molecule has 1 aromatic rings. The molecule has 0 amide bonds. The van der Waals surface area contributed by atoms with Crippen molar-refractivity contribution in [1.82, 2.24) is 4.72 Å². The Kier molecular flexibility index (Phi) is 12.4. The van der Waals surface area contributed by atoms with Gasteiger partial charge in [-0.15, -0.1) is 0 Å². The molecule has 0 saturated heterocycles. The van der Waals surface area contributed by atoms with Crippen molar-refractivity contribution >= 4 is 31.3 Å². The van der Waals surface area contributed by atoms with E-state index in [1.54, 1.807) is 11.0 Å². The zero-order valence-corrected chi connectivity index (χ0v) is 16.1. The van der Waals surface area contributed by atoms with Gasteiger partial charge < -0.3 is 9.47 Å². The van der Waals surface area contributed by atoms with Crippen LogP contribution in [0.2, 0.25) is 6.04 Å². The van der Waals surface area contributed by atoms with Gasteiger partial charge in [-0.1, -0.05) is 47.2 Å². The van der Waals surface area contributed by atoms with E-state index in [1.807, 2.05) is 30.7 Å². The third kappa shape index (κ3) is 10.4. The molecule has 21 heavy (non-hydrogen) atoms. The summed E-state index contributed by atoms with van der Waals surface area (Å²) in [4.78, 5) is 0. The zero-order chi connectivity index (χ0) is 15.2. The van der Waals surface area contributed by atoms with Gasteiger partial charge in [-0.2, -0.15) is 0 Å². The minimum atomic E-state index is -0.265. The molecule has 0 fully saturated rings. The van der Waals surface area contributed by atoms with E-state index >= 15 is 0 Å². The third-order valence-electron chi connectivity index (χ3n) is 2.86. The lowest BCUT2D eigenvalue weighted by molar-refractivity contribution is -0.0827. The SMILES string of the molecule is CCOC(OCC)[SiH2]CCCSSNCc1ccccc1. The van der Waals surface area contributed by atoms with Gasteiger partial charge in [0.2, 0.25) is 0 Å². The molecule has 0 atom stereocenters. The average molecular weight is 346 g/mol. The van der Waals surface area contributed by atoms with E-state index < -0.39 is 0 Å². The van der Waals surface area contributed by atoms with Crippen molar-refractivity contribution in [2.24, 2.45) is 0 Å². The Bertz CT molecular complexity index is 338. The number of nitrogens with one attached hydrogen (secondary N) is 1. The molecule has 0 heterocycles. The van der Waals surface area contributed by atoms with Crippen LogP contribution in [0.5, 0.6) is 0 Å². The first kappa shape index (κ1) is 19.1. The lowest BCUT2D eigenvalue weighted by atomic mass is 10.2. The maximum Gasteiger partial charge on any atom is 0.134 e. The summed E-state index contributed by atoms with van der Waals surface area (Å²) in [5.41, 5.74) is 1.33. The summed E-state index contributed by atoms with van der Waals surface area (Å²) in [6, 6.07) is 11.8. The molecular weight excluding hydrogens is 318 g/mol. The molecule has 6 heteroatoms. The van der Waals surface area contributed by atoms with Crippen molar-refractivity contribution in [3.05, 3.63) is 35.9 Å². The maximum atomic E-state index is 5.59. The van der Waals surface area contributed by atoms with Crippen LogP contribution >= 0.6 is 21.8 Å². The van der Waals surface area contributed by atoms with E-state index in [0.29, 0.717) is 0 Å². The van der Waals surface area contributed by atoms with Gasteiger partial charge in [-0.3, -0.25) is 4.72 Å². The van der Waals surface area contributed by atoms with E-state index in [9.17, 15) is 0 Å². The largest absolute Gasteiger partial charge is 0.357 e. The van der Waals surface area contributed by atoms with Crippen molar-refractivity contribution in [2.45, 2.75) is 38.8 Å². The average Bonchev–Trinajstić information content (AvgIpc) is 2.51. The van der Waals surface area contributed by atoms with E-state index in [-0.39, 0.29) is 15.4 Å².